The quantitative estimate of drug-likeness (QED) is 0.289. The van der Waals surface area contributed by atoms with Crippen molar-refractivity contribution in [2.75, 3.05) is 6.61 Å². The summed E-state index contributed by atoms with van der Waals surface area (Å²) in [6.07, 6.45) is 2.17. The van der Waals surface area contributed by atoms with E-state index in [9.17, 15) is 19.5 Å². The lowest BCUT2D eigenvalue weighted by Crippen LogP contribution is -2.18. The number of hydrogen-bond acceptors (Lipinski definition) is 5. The molecule has 0 radical (unpaired) electrons. The molecule has 29 heavy (non-hydrogen) atoms. The summed E-state index contributed by atoms with van der Waals surface area (Å²) < 4.78 is 6.40. The van der Waals surface area contributed by atoms with Gasteiger partial charge in [-0.25, -0.2) is 4.79 Å². The van der Waals surface area contributed by atoms with Gasteiger partial charge in [-0.3, -0.25) is 9.59 Å². The van der Waals surface area contributed by atoms with Crippen LogP contribution in [-0.2, 0) is 20.9 Å². The van der Waals surface area contributed by atoms with Crippen LogP contribution in [0.15, 0.2) is 65.6 Å². The molecule has 2 aromatic carbocycles. The van der Waals surface area contributed by atoms with E-state index < -0.39 is 22.9 Å². The van der Waals surface area contributed by atoms with Crippen LogP contribution in [0.3, 0.4) is 0 Å². The maximum atomic E-state index is 12.8. The summed E-state index contributed by atoms with van der Waals surface area (Å²) in [6, 6.07) is 14.2. The van der Waals surface area contributed by atoms with Crippen molar-refractivity contribution in [3.05, 3.63) is 87.2 Å². The monoisotopic (exact) mass is 411 g/mol. The first-order chi connectivity index (χ1) is 13.9. The van der Waals surface area contributed by atoms with Crippen molar-refractivity contribution < 1.29 is 19.4 Å². The van der Waals surface area contributed by atoms with Crippen LogP contribution in [-0.4, -0.2) is 28.0 Å². The number of pyridine rings is 1. The summed E-state index contributed by atoms with van der Waals surface area (Å²) in [5.41, 5.74) is 1.06. The van der Waals surface area contributed by atoms with E-state index in [1.165, 1.54) is 6.20 Å². The Balaban J connectivity index is 2.09. The number of hydrogen-bond donors (Lipinski definition) is 1. The van der Waals surface area contributed by atoms with Gasteiger partial charge in [-0.1, -0.05) is 35.9 Å². The fourth-order valence-electron chi connectivity index (χ4n) is 2.91. The van der Waals surface area contributed by atoms with Gasteiger partial charge in [0.05, 0.1) is 17.7 Å². The Bertz CT molecular complexity index is 1160. The van der Waals surface area contributed by atoms with E-state index in [0.29, 0.717) is 28.5 Å². The summed E-state index contributed by atoms with van der Waals surface area (Å²) in [6.45, 7) is 2.00. The number of nitrogens with zero attached hydrogens (tertiary/aromatic N) is 1. The molecule has 0 aliphatic heterocycles. The van der Waals surface area contributed by atoms with E-state index in [4.69, 9.17) is 11.6 Å². The average Bonchev–Trinajstić information content (AvgIpc) is 2.71. The van der Waals surface area contributed by atoms with Gasteiger partial charge in [0.1, 0.15) is 5.76 Å². The molecule has 0 saturated carbocycles. The molecule has 0 amide bonds. The molecular weight excluding hydrogens is 394 g/mol. The van der Waals surface area contributed by atoms with Gasteiger partial charge in [-0.05, 0) is 36.8 Å². The fourth-order valence-corrected chi connectivity index (χ4v) is 3.03. The molecule has 0 fully saturated rings. The van der Waals surface area contributed by atoms with Crippen molar-refractivity contribution in [1.82, 2.24) is 4.57 Å². The lowest BCUT2D eigenvalue weighted by molar-refractivity contribution is -0.151. The van der Waals surface area contributed by atoms with Crippen molar-refractivity contribution in [1.29, 1.82) is 0 Å². The summed E-state index contributed by atoms with van der Waals surface area (Å²) in [7, 11) is 0. The van der Waals surface area contributed by atoms with Gasteiger partial charge in [0, 0.05) is 29.2 Å². The first-order valence-corrected chi connectivity index (χ1v) is 9.27. The number of rotatable bonds is 6. The van der Waals surface area contributed by atoms with Crippen LogP contribution < -0.4 is 5.43 Å². The predicted molar refractivity (Wildman–Crippen MR) is 111 cm³/mol. The van der Waals surface area contributed by atoms with Gasteiger partial charge < -0.3 is 14.4 Å². The number of aliphatic hydroxyl groups excluding tert-OH is 1. The van der Waals surface area contributed by atoms with Crippen molar-refractivity contribution >= 4 is 40.0 Å². The first-order valence-electron chi connectivity index (χ1n) is 8.89. The van der Waals surface area contributed by atoms with Crippen molar-refractivity contribution in [3.8, 4) is 0 Å². The van der Waals surface area contributed by atoms with Gasteiger partial charge in [0.2, 0.25) is 0 Å². The number of halogens is 1. The molecule has 1 N–H and O–H groups in total. The zero-order valence-electron chi connectivity index (χ0n) is 15.6. The topological polar surface area (TPSA) is 85.6 Å². The fraction of sp³-hybridized carbons (Fsp3) is 0.136. The van der Waals surface area contributed by atoms with Crippen molar-refractivity contribution in [2.24, 2.45) is 0 Å². The van der Waals surface area contributed by atoms with E-state index in [0.717, 1.165) is 5.56 Å². The molecule has 0 atom stereocenters. The molecule has 0 aliphatic carbocycles. The highest BCUT2D eigenvalue weighted by Gasteiger charge is 2.17. The zero-order chi connectivity index (χ0) is 21.0. The second-order valence-electron chi connectivity index (χ2n) is 6.26. The molecule has 1 heterocycles. The maximum absolute atomic E-state index is 12.8. The Hall–Kier alpha value is -3.38. The molecule has 1 aromatic heterocycles. The van der Waals surface area contributed by atoms with Crippen LogP contribution >= 0.6 is 11.6 Å². The molecule has 0 aliphatic rings. The molecule has 6 nitrogen and oxygen atoms in total. The highest BCUT2D eigenvalue weighted by Crippen LogP contribution is 2.18. The van der Waals surface area contributed by atoms with Gasteiger partial charge in [0.15, 0.2) is 5.43 Å². The number of carbonyl (C=O) groups excluding carboxylic acids is 2. The number of benzene rings is 2. The number of ether oxygens (including phenoxy) is 1. The SMILES string of the molecule is CCOC(=O)C(=O)C=C(O)c1cn(Cc2ccc(Cl)cc2)c2ccccc2c1=O. The molecule has 0 bridgehead atoms. The summed E-state index contributed by atoms with van der Waals surface area (Å²) in [5, 5.41) is 11.4. The molecule has 0 spiro atoms. The molecule has 7 heteroatoms. The largest absolute Gasteiger partial charge is 0.507 e. The molecule has 3 rings (SSSR count). The molecular formula is C22H18ClNO5. The standard InChI is InChI=1S/C22H18ClNO5/c1-2-29-22(28)20(26)11-19(25)17-13-24(12-14-7-9-15(23)10-8-14)18-6-4-3-5-16(18)21(17)27/h3-11,13,25H,2,12H2,1H3. The highest BCUT2D eigenvalue weighted by molar-refractivity contribution is 6.39. The number of fused-ring (bicyclic) bond motifs is 1. The predicted octanol–water partition coefficient (Wildman–Crippen LogP) is 3.73. The normalized spacial score (nSPS) is 11.4. The molecule has 0 saturated heterocycles. The van der Waals surface area contributed by atoms with Crippen molar-refractivity contribution in [2.45, 2.75) is 13.5 Å². The number of ketones is 1. The second kappa shape index (κ2) is 8.75. The summed E-state index contributed by atoms with van der Waals surface area (Å²) in [4.78, 5) is 36.2. The van der Waals surface area contributed by atoms with Crippen LogP contribution in [0, 0.1) is 0 Å². The number of para-hydroxylation sites is 1. The van der Waals surface area contributed by atoms with Crippen LogP contribution in [0.4, 0.5) is 0 Å². The number of esters is 1. The average molecular weight is 412 g/mol. The Morgan fingerprint density at radius 2 is 1.83 bits per heavy atom. The minimum Gasteiger partial charge on any atom is -0.507 e. The third kappa shape index (κ3) is 4.55. The number of carbonyl (C=O) groups is 2. The highest BCUT2D eigenvalue weighted by atomic mass is 35.5. The minimum absolute atomic E-state index is 0.0308. The maximum Gasteiger partial charge on any atom is 0.379 e. The lowest BCUT2D eigenvalue weighted by atomic mass is 10.1. The van der Waals surface area contributed by atoms with E-state index >= 15 is 0 Å². The van der Waals surface area contributed by atoms with Gasteiger partial charge in [-0.15, -0.1) is 0 Å². The second-order valence-corrected chi connectivity index (χ2v) is 6.69. The zero-order valence-corrected chi connectivity index (χ0v) is 16.3. The van der Waals surface area contributed by atoms with E-state index in [1.807, 2.05) is 12.1 Å². The third-order valence-corrected chi connectivity index (χ3v) is 4.53. The number of aromatic nitrogens is 1. The first kappa shape index (κ1) is 20.4. The van der Waals surface area contributed by atoms with Gasteiger partial charge in [-0.2, -0.15) is 0 Å². The van der Waals surface area contributed by atoms with Crippen LogP contribution in [0.1, 0.15) is 18.1 Å². The Morgan fingerprint density at radius 1 is 1.14 bits per heavy atom. The Labute approximate surface area is 171 Å². The van der Waals surface area contributed by atoms with E-state index in [-0.39, 0.29) is 12.2 Å². The van der Waals surface area contributed by atoms with Gasteiger partial charge in [0.25, 0.3) is 5.78 Å². The molecule has 3 aromatic rings. The Kier molecular flexibility index (Phi) is 6.14. The minimum atomic E-state index is -1.10. The number of aliphatic hydroxyl groups is 1. The van der Waals surface area contributed by atoms with Crippen molar-refractivity contribution in [3.63, 3.8) is 0 Å². The van der Waals surface area contributed by atoms with Gasteiger partial charge >= 0.3 is 5.97 Å². The van der Waals surface area contributed by atoms with Crippen LogP contribution in [0.5, 0.6) is 0 Å². The van der Waals surface area contributed by atoms with E-state index in [2.05, 4.69) is 4.74 Å². The van der Waals surface area contributed by atoms with Crippen LogP contribution in [0.25, 0.3) is 16.7 Å². The third-order valence-electron chi connectivity index (χ3n) is 4.27. The summed E-state index contributed by atoms with van der Waals surface area (Å²) in [5.74, 6) is -2.73. The van der Waals surface area contributed by atoms with E-state index in [1.54, 1.807) is 47.9 Å². The molecule has 148 valence electrons. The molecule has 0 unspecified atom stereocenters. The Morgan fingerprint density at radius 3 is 2.52 bits per heavy atom. The van der Waals surface area contributed by atoms with Crippen LogP contribution in [0.2, 0.25) is 5.02 Å². The lowest BCUT2D eigenvalue weighted by Gasteiger charge is -2.13. The summed E-state index contributed by atoms with van der Waals surface area (Å²) >= 11 is 5.94. The smallest absolute Gasteiger partial charge is 0.379 e.